The van der Waals surface area contributed by atoms with Crippen molar-refractivity contribution in [1.29, 1.82) is 0 Å². The van der Waals surface area contributed by atoms with Crippen LogP contribution in [0.5, 0.6) is 5.75 Å². The van der Waals surface area contributed by atoms with E-state index < -0.39 is 35.8 Å². The van der Waals surface area contributed by atoms with Crippen molar-refractivity contribution in [2.75, 3.05) is 98.7 Å². The highest BCUT2D eigenvalue weighted by Gasteiger charge is 2.23. The lowest BCUT2D eigenvalue weighted by Crippen LogP contribution is -2.53. The Bertz CT molecular complexity index is 2520. The summed E-state index contributed by atoms with van der Waals surface area (Å²) in [5.74, 6) is 22.3. The maximum absolute atomic E-state index is 13.6. The van der Waals surface area contributed by atoms with Crippen molar-refractivity contribution in [1.82, 2.24) is 30.7 Å². The number of aromatic nitrogens is 1. The zero-order chi connectivity index (χ0) is 74.2. The Labute approximate surface area is 616 Å². The number of nitrogens with zero attached hydrogens (tertiary/aromatic N) is 3. The second-order valence-electron chi connectivity index (χ2n) is 25.9. The molecule has 1 unspecified atom stereocenters. The molecule has 1 atom stereocenters. The summed E-state index contributed by atoms with van der Waals surface area (Å²) >= 11 is 0. The largest absolute Gasteiger partial charge is 0.491 e. The van der Waals surface area contributed by atoms with Crippen LogP contribution < -0.4 is 20.7 Å². The first-order chi connectivity index (χ1) is 49.9. The van der Waals surface area contributed by atoms with E-state index in [0.29, 0.717) is 30.0 Å². The van der Waals surface area contributed by atoms with E-state index in [1.54, 1.807) is 39.8 Å². The number of amides is 3. The fraction of sp³-hybridized carbons (Fsp3) is 0.756. The Morgan fingerprint density at radius 3 is 1.08 bits per heavy atom. The summed E-state index contributed by atoms with van der Waals surface area (Å²) in [6.45, 7) is 12.0. The van der Waals surface area contributed by atoms with Gasteiger partial charge in [0.25, 0.3) is 0 Å². The molecule has 1 aromatic rings. The maximum atomic E-state index is 13.6. The van der Waals surface area contributed by atoms with Crippen LogP contribution in [0.25, 0.3) is 0 Å². The van der Waals surface area contributed by atoms with E-state index in [2.05, 4.69) is 77.2 Å². The lowest BCUT2D eigenvalue weighted by atomic mass is 10.1. The number of hydrogen-bond donors (Lipinski definition) is 3. The Balaban J connectivity index is 2.76. The van der Waals surface area contributed by atoms with E-state index >= 15 is 0 Å². The quantitative estimate of drug-likeness (QED) is 0.0238. The van der Waals surface area contributed by atoms with Gasteiger partial charge in [0.15, 0.2) is 0 Å². The minimum atomic E-state index is -0.970. The fourth-order valence-corrected chi connectivity index (χ4v) is 11.1. The van der Waals surface area contributed by atoms with Gasteiger partial charge in [0.1, 0.15) is 18.4 Å². The van der Waals surface area contributed by atoms with Gasteiger partial charge in [0, 0.05) is 76.8 Å². The molecule has 1 heterocycles. The highest BCUT2D eigenvalue weighted by molar-refractivity contribution is 5.88. The minimum Gasteiger partial charge on any atom is -0.491 e. The first-order valence-corrected chi connectivity index (χ1v) is 39.5. The molecule has 0 radical (unpaired) electrons. The number of nitrogens with one attached hydrogen (secondary N) is 3. The molecule has 20 heteroatoms. The molecule has 0 bridgehead atoms. The molecule has 0 spiro atoms. The van der Waals surface area contributed by atoms with Crippen LogP contribution in [0.15, 0.2) is 12.1 Å². The molecule has 0 saturated heterocycles. The average molecular weight is 1430 g/mol. The molecule has 20 nitrogen and oxygen atoms in total. The average Bonchev–Trinajstić information content (AvgIpc) is 0.852. The zero-order valence-electron chi connectivity index (χ0n) is 64.2. The van der Waals surface area contributed by atoms with E-state index in [1.165, 1.54) is 125 Å². The molecule has 3 N–H and O–H groups in total. The summed E-state index contributed by atoms with van der Waals surface area (Å²) in [7, 11) is 0. The van der Waals surface area contributed by atoms with Crippen LogP contribution >= 0.6 is 0 Å². The third-order valence-corrected chi connectivity index (χ3v) is 16.6. The number of hydrogen-bond acceptors (Lipinski definition) is 17. The summed E-state index contributed by atoms with van der Waals surface area (Å²) in [6, 6.07) is 2.35. The Hall–Kier alpha value is -6.68. The number of carbonyl (C=O) groups is 7. The molecule has 0 saturated carbocycles. The van der Waals surface area contributed by atoms with E-state index in [-0.39, 0.29) is 130 Å². The first-order valence-electron chi connectivity index (χ1n) is 39.5. The number of unbranched alkanes of at least 4 members (excludes halogenated alkanes) is 32. The standard InChI is InChI=1S/C82H134N6O14/c1-7-13-15-17-19-21-23-25-27-29-31-33-35-37-39-41-43-45-47-49-51-53-55-76(89)84-65-75(86-77(90)56-54-52-50-48-46-44-42-40-38-36-34-32-30-28-26-24-22-20-18-16-14-8-2)82(95)83-57-58-96-59-60-97-61-62-102-74-63-72(66-87(68-78(91)98-9-3)69-79(92)99-10-4)85-73(64-74)67-88(70-80(93)100-11-5)71-81(94)101-12-6/h63-64,75H,7-32,41-62,65-71H2,1-6H3,(H,83,95)(H,84,89)(H,86,90). The lowest BCUT2D eigenvalue weighted by Gasteiger charge is -2.22. The van der Waals surface area contributed by atoms with Crippen LogP contribution in [-0.4, -0.2) is 161 Å². The molecule has 0 aromatic carbocycles. The van der Waals surface area contributed by atoms with Crippen LogP contribution in [0.2, 0.25) is 0 Å². The summed E-state index contributed by atoms with van der Waals surface area (Å²) in [5, 5.41) is 8.61. The predicted octanol–water partition coefficient (Wildman–Crippen LogP) is 13.9. The normalized spacial score (nSPS) is 11.0. The van der Waals surface area contributed by atoms with Crippen LogP contribution in [0.1, 0.15) is 297 Å². The molecular weight excluding hydrogens is 1290 g/mol. The van der Waals surface area contributed by atoms with Crippen LogP contribution in [0.3, 0.4) is 0 Å². The van der Waals surface area contributed by atoms with Crippen molar-refractivity contribution in [3.05, 3.63) is 23.5 Å². The van der Waals surface area contributed by atoms with Gasteiger partial charge in [-0.2, -0.15) is 0 Å². The minimum absolute atomic E-state index is 0.0154. The number of esters is 4. The fourth-order valence-electron chi connectivity index (χ4n) is 11.1. The third kappa shape index (κ3) is 59.8. The number of rotatable bonds is 66. The van der Waals surface area contributed by atoms with Gasteiger partial charge < -0.3 is 49.1 Å². The number of ether oxygens (including phenoxy) is 7. The molecule has 0 aliphatic carbocycles. The van der Waals surface area contributed by atoms with Crippen molar-refractivity contribution in [3.63, 3.8) is 0 Å². The van der Waals surface area contributed by atoms with Crippen LogP contribution in [0.4, 0.5) is 0 Å². The van der Waals surface area contributed by atoms with E-state index in [1.807, 2.05) is 0 Å². The van der Waals surface area contributed by atoms with Gasteiger partial charge in [0.2, 0.25) is 17.7 Å². The third-order valence-electron chi connectivity index (χ3n) is 16.6. The van der Waals surface area contributed by atoms with Crippen LogP contribution in [0, 0.1) is 47.4 Å². The Morgan fingerprint density at radius 2 is 0.716 bits per heavy atom. The highest BCUT2D eigenvalue weighted by atomic mass is 16.6. The van der Waals surface area contributed by atoms with Crippen molar-refractivity contribution in [2.24, 2.45) is 0 Å². The SMILES string of the molecule is CCCCCCCCCCCCC#CC#CCCCCCCCCC(=O)NCC(NC(=O)CCCCCCCCC#CC#CCCCCCCCCCCCC)C(=O)NCCOCCOCCOc1cc(CN(CC(=O)OCC)CC(=O)OCC)nc(CN(CC(=O)OCC)CC(=O)OCC)c1. The molecule has 1 aromatic heterocycles. The predicted molar refractivity (Wildman–Crippen MR) is 404 cm³/mol. The van der Waals surface area contributed by atoms with Crippen molar-refractivity contribution in [3.8, 4) is 53.1 Å². The summed E-state index contributed by atoms with van der Waals surface area (Å²) < 4.78 is 38.3. The van der Waals surface area contributed by atoms with Crippen LogP contribution in [-0.2, 0) is 75.1 Å². The van der Waals surface area contributed by atoms with E-state index in [9.17, 15) is 33.6 Å². The summed E-state index contributed by atoms with van der Waals surface area (Å²) in [4.78, 5) is 98.1. The molecular formula is C82H134N6O14. The van der Waals surface area contributed by atoms with Gasteiger partial charge in [-0.25, -0.2) is 0 Å². The number of pyridine rings is 1. The number of carbonyl (C=O) groups excluding carboxylic acids is 7. The Morgan fingerprint density at radius 1 is 0.392 bits per heavy atom. The van der Waals surface area contributed by atoms with Crippen molar-refractivity contribution in [2.45, 2.75) is 305 Å². The zero-order valence-corrected chi connectivity index (χ0v) is 64.2. The van der Waals surface area contributed by atoms with E-state index in [0.717, 1.165) is 109 Å². The van der Waals surface area contributed by atoms with Gasteiger partial charge in [-0.1, -0.05) is 204 Å². The topological polar surface area (TPSA) is 240 Å². The first kappa shape index (κ1) is 93.3. The molecule has 1 rings (SSSR count). The summed E-state index contributed by atoms with van der Waals surface area (Å²) in [5.41, 5.74) is 0.833. The second kappa shape index (κ2) is 70.0. The van der Waals surface area contributed by atoms with E-state index in [4.69, 9.17) is 38.1 Å². The van der Waals surface area contributed by atoms with Gasteiger partial charge in [-0.15, -0.1) is 0 Å². The molecule has 576 valence electrons. The Kier molecular flexibility index (Phi) is 64.1. The molecule has 0 fully saturated rings. The summed E-state index contributed by atoms with van der Waals surface area (Å²) in [6.07, 6.45) is 42.1. The smallest absolute Gasteiger partial charge is 0.320 e. The van der Waals surface area contributed by atoms with Crippen molar-refractivity contribution >= 4 is 41.6 Å². The molecule has 3 amide bonds. The van der Waals surface area contributed by atoms with Gasteiger partial charge in [0.05, 0.1) is 90.4 Å². The molecule has 0 aliphatic rings. The van der Waals surface area contributed by atoms with Gasteiger partial charge >= 0.3 is 23.9 Å². The van der Waals surface area contributed by atoms with Gasteiger partial charge in [-0.05, 0) is 89.9 Å². The lowest BCUT2D eigenvalue weighted by molar-refractivity contribution is -0.150. The molecule has 0 aliphatic heterocycles. The monoisotopic (exact) mass is 1430 g/mol. The maximum Gasteiger partial charge on any atom is 0.320 e. The second-order valence-corrected chi connectivity index (χ2v) is 25.9. The highest BCUT2D eigenvalue weighted by Crippen LogP contribution is 2.20. The van der Waals surface area contributed by atoms with Crippen molar-refractivity contribution < 1.29 is 66.7 Å². The van der Waals surface area contributed by atoms with Gasteiger partial charge in [-0.3, -0.25) is 48.3 Å². The molecule has 102 heavy (non-hydrogen) atoms.